The number of amides is 2. The number of anilines is 1. The quantitative estimate of drug-likeness (QED) is 0.464. The number of hydrogen-bond donors (Lipinski definition) is 1. The summed E-state index contributed by atoms with van der Waals surface area (Å²) in [7, 11) is 0. The number of rotatable bonds is 4. The van der Waals surface area contributed by atoms with Crippen LogP contribution in [-0.2, 0) is 19.1 Å². The molecule has 7 atom stereocenters. The van der Waals surface area contributed by atoms with Gasteiger partial charge in [0.15, 0.2) is 0 Å². The first kappa shape index (κ1) is 24.3. The Kier molecular flexibility index (Phi) is 5.80. The molecule has 35 heavy (non-hydrogen) atoms. The highest BCUT2D eigenvalue weighted by molar-refractivity contribution is 6.22. The predicted octanol–water partition coefficient (Wildman–Crippen LogP) is 5.33. The molecule has 3 saturated carbocycles. The zero-order chi connectivity index (χ0) is 25.3. The maximum absolute atomic E-state index is 13.6. The first-order chi connectivity index (χ1) is 16.4. The molecule has 7 unspecified atom stereocenters. The Labute approximate surface area is 208 Å². The highest BCUT2D eigenvalue weighted by Crippen LogP contribution is 2.60. The van der Waals surface area contributed by atoms with Crippen LogP contribution in [0.3, 0.4) is 0 Å². The molecule has 1 saturated heterocycles. The summed E-state index contributed by atoms with van der Waals surface area (Å²) >= 11 is 0. The average molecular weight is 482 g/mol. The van der Waals surface area contributed by atoms with Gasteiger partial charge in [0.05, 0.1) is 17.5 Å². The SMILES string of the molecule is CC1C(=O)N(c2ccc(O)cc2)C(=O)C1C1C2CC(C(=O)OC3(C(C)(C)C)CCCC3)C(C2)C1C. The van der Waals surface area contributed by atoms with Crippen molar-refractivity contribution in [2.45, 2.75) is 78.7 Å². The summed E-state index contributed by atoms with van der Waals surface area (Å²) in [6.45, 7) is 10.6. The van der Waals surface area contributed by atoms with Crippen LogP contribution in [0.5, 0.6) is 5.75 Å². The van der Waals surface area contributed by atoms with Crippen LogP contribution >= 0.6 is 0 Å². The zero-order valence-electron chi connectivity index (χ0n) is 21.6. The molecule has 6 heteroatoms. The molecule has 190 valence electrons. The maximum atomic E-state index is 13.6. The second-order valence-corrected chi connectivity index (χ2v) is 12.7. The van der Waals surface area contributed by atoms with Crippen molar-refractivity contribution in [3.63, 3.8) is 0 Å². The van der Waals surface area contributed by atoms with Crippen LogP contribution in [0, 0.1) is 46.8 Å². The summed E-state index contributed by atoms with van der Waals surface area (Å²) in [6, 6.07) is 6.23. The van der Waals surface area contributed by atoms with Gasteiger partial charge in [-0.1, -0.05) is 34.6 Å². The van der Waals surface area contributed by atoms with Gasteiger partial charge in [0.1, 0.15) is 11.4 Å². The summed E-state index contributed by atoms with van der Waals surface area (Å²) in [5, 5.41) is 9.61. The molecule has 4 fully saturated rings. The molecule has 1 aromatic rings. The van der Waals surface area contributed by atoms with Gasteiger partial charge in [0.2, 0.25) is 11.8 Å². The Balaban J connectivity index is 1.33. The van der Waals surface area contributed by atoms with Gasteiger partial charge in [-0.3, -0.25) is 19.3 Å². The van der Waals surface area contributed by atoms with E-state index in [0.29, 0.717) is 5.69 Å². The Hall–Kier alpha value is -2.37. The van der Waals surface area contributed by atoms with E-state index in [0.717, 1.165) is 38.5 Å². The van der Waals surface area contributed by atoms with E-state index in [2.05, 4.69) is 27.7 Å². The minimum absolute atomic E-state index is 0.0489. The van der Waals surface area contributed by atoms with Gasteiger partial charge in [-0.25, -0.2) is 0 Å². The van der Waals surface area contributed by atoms with Gasteiger partial charge in [-0.15, -0.1) is 0 Å². The van der Waals surface area contributed by atoms with Crippen molar-refractivity contribution in [1.82, 2.24) is 0 Å². The molecule has 1 N–H and O–H groups in total. The summed E-state index contributed by atoms with van der Waals surface area (Å²) < 4.78 is 6.36. The molecular weight excluding hydrogens is 442 g/mol. The number of benzene rings is 1. The lowest BCUT2D eigenvalue weighted by molar-refractivity contribution is -0.180. The number of imide groups is 1. The van der Waals surface area contributed by atoms with Gasteiger partial charge < -0.3 is 9.84 Å². The van der Waals surface area contributed by atoms with Crippen LogP contribution in [-0.4, -0.2) is 28.5 Å². The third-order valence-electron chi connectivity index (χ3n) is 10.0. The minimum atomic E-state index is -0.392. The number of carbonyl (C=O) groups excluding carboxylic acids is 3. The van der Waals surface area contributed by atoms with Crippen molar-refractivity contribution >= 4 is 23.5 Å². The third-order valence-corrected chi connectivity index (χ3v) is 10.0. The Bertz CT molecular complexity index is 1020. The van der Waals surface area contributed by atoms with E-state index >= 15 is 0 Å². The van der Waals surface area contributed by atoms with Crippen molar-refractivity contribution in [3.05, 3.63) is 24.3 Å². The molecule has 2 bridgehead atoms. The number of aromatic hydroxyl groups is 1. The van der Waals surface area contributed by atoms with Crippen LogP contribution < -0.4 is 4.90 Å². The van der Waals surface area contributed by atoms with Crippen LogP contribution in [0.1, 0.15) is 73.1 Å². The van der Waals surface area contributed by atoms with Crippen molar-refractivity contribution in [1.29, 1.82) is 0 Å². The molecule has 0 radical (unpaired) electrons. The smallest absolute Gasteiger partial charge is 0.309 e. The fourth-order valence-corrected chi connectivity index (χ4v) is 8.01. The molecule has 1 aliphatic heterocycles. The van der Waals surface area contributed by atoms with E-state index < -0.39 is 5.92 Å². The Morgan fingerprint density at radius 1 is 1.03 bits per heavy atom. The second-order valence-electron chi connectivity index (χ2n) is 12.7. The lowest BCUT2D eigenvalue weighted by Gasteiger charge is -2.43. The monoisotopic (exact) mass is 481 g/mol. The van der Waals surface area contributed by atoms with Crippen molar-refractivity contribution < 1.29 is 24.2 Å². The number of hydrogen-bond acceptors (Lipinski definition) is 5. The van der Waals surface area contributed by atoms with Crippen molar-refractivity contribution in [3.8, 4) is 5.75 Å². The highest BCUT2D eigenvalue weighted by Gasteiger charge is 2.61. The van der Waals surface area contributed by atoms with E-state index in [-0.39, 0.29) is 70.1 Å². The van der Waals surface area contributed by atoms with Crippen molar-refractivity contribution in [2.75, 3.05) is 4.90 Å². The molecule has 0 spiro atoms. The lowest BCUT2D eigenvalue weighted by Crippen LogP contribution is -2.47. The number of esters is 1. The van der Waals surface area contributed by atoms with Crippen LogP contribution in [0.4, 0.5) is 5.69 Å². The van der Waals surface area contributed by atoms with E-state index in [1.54, 1.807) is 12.1 Å². The highest BCUT2D eigenvalue weighted by atomic mass is 16.6. The lowest BCUT2D eigenvalue weighted by atomic mass is 9.67. The Morgan fingerprint density at radius 3 is 2.23 bits per heavy atom. The molecule has 1 heterocycles. The zero-order valence-corrected chi connectivity index (χ0v) is 21.6. The molecule has 0 aromatic heterocycles. The fourth-order valence-electron chi connectivity index (χ4n) is 8.01. The van der Waals surface area contributed by atoms with Gasteiger partial charge in [0, 0.05) is 11.3 Å². The predicted molar refractivity (Wildman–Crippen MR) is 132 cm³/mol. The topological polar surface area (TPSA) is 83.9 Å². The van der Waals surface area contributed by atoms with Crippen molar-refractivity contribution in [2.24, 2.45) is 46.8 Å². The van der Waals surface area contributed by atoms with Gasteiger partial charge in [0.25, 0.3) is 0 Å². The van der Waals surface area contributed by atoms with Crippen LogP contribution in [0.15, 0.2) is 24.3 Å². The van der Waals surface area contributed by atoms with Crippen LogP contribution in [0.2, 0.25) is 0 Å². The number of phenols is 1. The van der Waals surface area contributed by atoms with Gasteiger partial charge in [-0.2, -0.15) is 0 Å². The normalized spacial score (nSPS) is 36.3. The summed E-state index contributed by atoms with van der Waals surface area (Å²) in [4.78, 5) is 41.5. The summed E-state index contributed by atoms with van der Waals surface area (Å²) in [6.07, 6.45) is 5.76. The number of carbonyl (C=O) groups is 3. The first-order valence-electron chi connectivity index (χ1n) is 13.3. The number of phenolic OH excluding ortho intramolecular Hbond substituents is 1. The molecular formula is C29H39NO5. The third kappa shape index (κ3) is 3.70. The van der Waals surface area contributed by atoms with E-state index in [1.807, 2.05) is 6.92 Å². The van der Waals surface area contributed by atoms with Gasteiger partial charge in [-0.05, 0) is 86.5 Å². The van der Waals surface area contributed by atoms with Crippen LogP contribution in [0.25, 0.3) is 0 Å². The average Bonchev–Trinajstić information content (AvgIpc) is 3.54. The second kappa shape index (κ2) is 8.35. The first-order valence-corrected chi connectivity index (χ1v) is 13.3. The van der Waals surface area contributed by atoms with Gasteiger partial charge >= 0.3 is 5.97 Å². The van der Waals surface area contributed by atoms with E-state index in [4.69, 9.17) is 4.74 Å². The molecule has 5 rings (SSSR count). The molecule has 2 amide bonds. The molecule has 3 aliphatic carbocycles. The number of nitrogens with zero attached hydrogens (tertiary/aromatic N) is 1. The minimum Gasteiger partial charge on any atom is -0.508 e. The standard InChI is InChI=1S/C29H39NO5/c1-16-21-14-18(15-22(21)27(34)35-29(28(3,4)5)12-6-7-13-29)23(16)24-17(2)25(32)30(26(24)33)19-8-10-20(31)11-9-19/h8-11,16-18,21-24,31H,6-7,12-15H2,1-5H3. The maximum Gasteiger partial charge on any atom is 0.309 e. The fraction of sp³-hybridized carbons (Fsp3) is 0.690. The van der Waals surface area contributed by atoms with E-state index in [1.165, 1.54) is 17.0 Å². The largest absolute Gasteiger partial charge is 0.508 e. The molecule has 4 aliphatic rings. The Morgan fingerprint density at radius 2 is 1.66 bits per heavy atom. The summed E-state index contributed by atoms with van der Waals surface area (Å²) in [5.41, 5.74) is 0.0457. The number of fused-ring (bicyclic) bond motifs is 2. The summed E-state index contributed by atoms with van der Waals surface area (Å²) in [5.74, 6) is -0.397. The molecule has 1 aromatic carbocycles. The molecule has 6 nitrogen and oxygen atoms in total. The van der Waals surface area contributed by atoms with E-state index in [9.17, 15) is 19.5 Å². The number of ether oxygens (including phenoxy) is 1.